The fourth-order valence-corrected chi connectivity index (χ4v) is 6.92. The highest BCUT2D eigenvalue weighted by Crippen LogP contribution is 2.40. The molecule has 13 nitrogen and oxygen atoms in total. The van der Waals surface area contributed by atoms with Gasteiger partial charge < -0.3 is 28.5 Å². The maximum Gasteiger partial charge on any atom is 0.408 e. The van der Waals surface area contributed by atoms with Crippen LogP contribution >= 0.6 is 0 Å². The number of allylic oxidation sites excluding steroid dienone is 2. The Bertz CT molecular complexity index is 1910. The van der Waals surface area contributed by atoms with E-state index in [0.29, 0.717) is 38.1 Å². The van der Waals surface area contributed by atoms with Crippen molar-refractivity contribution in [2.75, 3.05) is 20.3 Å². The predicted octanol–water partition coefficient (Wildman–Crippen LogP) is 6.40. The number of ether oxygens (including phenoxy) is 3. The number of cyclic esters (lactones) is 1. The largest absolute Gasteiger partial charge is 0.464 e. The number of esters is 1. The third-order valence-corrected chi connectivity index (χ3v) is 9.43. The number of hydrogen-bond donors (Lipinski definition) is 2. The first kappa shape index (κ1) is 39.5. The van der Waals surface area contributed by atoms with E-state index in [4.69, 9.17) is 23.6 Å². The molecular formula is C40H54N6O7. The van der Waals surface area contributed by atoms with Gasteiger partial charge in [0.1, 0.15) is 17.7 Å². The van der Waals surface area contributed by atoms with Crippen LogP contribution in [-0.2, 0) is 43.2 Å². The van der Waals surface area contributed by atoms with Crippen molar-refractivity contribution in [2.24, 2.45) is 10.4 Å². The monoisotopic (exact) mass is 730 g/mol. The molecule has 2 aliphatic heterocycles. The molecule has 53 heavy (non-hydrogen) atoms. The highest BCUT2D eigenvalue weighted by atomic mass is 16.6. The number of alkyl carbamates (subject to hydrolysis) is 1. The van der Waals surface area contributed by atoms with Crippen LogP contribution in [0.5, 0.6) is 0 Å². The first-order chi connectivity index (χ1) is 25.1. The second kappa shape index (κ2) is 16.1. The van der Waals surface area contributed by atoms with Crippen LogP contribution in [0, 0.1) is 5.41 Å². The highest BCUT2D eigenvalue weighted by molar-refractivity contribution is 5.95. The number of rotatable bonds is 7. The summed E-state index contributed by atoms with van der Waals surface area (Å²) in [6.45, 7) is 20.7. The molecule has 2 aliphatic rings. The molecule has 3 atom stereocenters. The van der Waals surface area contributed by atoms with Gasteiger partial charge in [0.05, 0.1) is 36.7 Å². The Kier molecular flexibility index (Phi) is 12.0. The lowest BCUT2D eigenvalue weighted by molar-refractivity contribution is -0.155. The minimum absolute atomic E-state index is 0.0463. The molecule has 4 heterocycles. The molecule has 1 saturated heterocycles. The zero-order chi connectivity index (χ0) is 38.7. The number of aromatic nitrogens is 2. The number of hydrogen-bond acceptors (Lipinski definition) is 10. The molecule has 0 unspecified atom stereocenters. The van der Waals surface area contributed by atoms with E-state index in [1.165, 1.54) is 5.01 Å². The van der Waals surface area contributed by atoms with Gasteiger partial charge in [0.2, 0.25) is 0 Å². The molecule has 1 fully saturated rings. The molecule has 0 aliphatic carbocycles. The van der Waals surface area contributed by atoms with Gasteiger partial charge in [-0.05, 0) is 84.6 Å². The molecule has 286 valence electrons. The van der Waals surface area contributed by atoms with Crippen molar-refractivity contribution in [1.29, 1.82) is 0 Å². The Hall–Kier alpha value is -4.75. The Morgan fingerprint density at radius 3 is 2.70 bits per heavy atom. The number of nitrogens with one attached hydrogen (secondary N) is 2. The Balaban J connectivity index is 1.70. The van der Waals surface area contributed by atoms with Crippen molar-refractivity contribution in [3.05, 3.63) is 59.9 Å². The van der Waals surface area contributed by atoms with Crippen LogP contribution in [0.25, 0.3) is 27.8 Å². The fraction of sp³-hybridized carbons (Fsp3) is 0.525. The number of oxazole rings is 1. The number of hydrazine groups is 1. The molecular weight excluding hydrogens is 676 g/mol. The molecule has 2 amide bonds. The Morgan fingerprint density at radius 1 is 1.28 bits per heavy atom. The topological polar surface area (TPSA) is 150 Å². The predicted molar refractivity (Wildman–Crippen MR) is 204 cm³/mol. The molecule has 0 spiro atoms. The zero-order valence-corrected chi connectivity index (χ0v) is 32.5. The van der Waals surface area contributed by atoms with Crippen LogP contribution in [0.3, 0.4) is 0 Å². The first-order valence-corrected chi connectivity index (χ1v) is 18.3. The molecule has 6 bridgehead atoms. The third-order valence-electron chi connectivity index (χ3n) is 9.43. The average Bonchev–Trinajstić information content (AvgIpc) is 3.70. The SMILES string of the molecule is C=C/C(=C(\N=CC)[C@H](C)OC)c1c2c3cc(ccc3n1CC)-c1cnc(o1)C[C@H](NC(=O)OC(C)(C)C)C(=O)N1CCC[C@H](N1)C(=O)OCC(C)(C)C2. The van der Waals surface area contributed by atoms with Crippen molar-refractivity contribution in [1.82, 2.24) is 25.3 Å². The van der Waals surface area contributed by atoms with E-state index in [1.807, 2.05) is 26.0 Å². The van der Waals surface area contributed by atoms with E-state index in [9.17, 15) is 14.4 Å². The summed E-state index contributed by atoms with van der Waals surface area (Å²) < 4.78 is 25.8. The molecule has 1 aromatic carbocycles. The smallest absolute Gasteiger partial charge is 0.408 e. The van der Waals surface area contributed by atoms with E-state index in [2.05, 4.69) is 59.8 Å². The van der Waals surface area contributed by atoms with Crippen molar-refractivity contribution < 1.29 is 33.0 Å². The zero-order valence-electron chi connectivity index (χ0n) is 32.5. The maximum atomic E-state index is 14.0. The summed E-state index contributed by atoms with van der Waals surface area (Å²) in [6.07, 6.45) is 5.70. The summed E-state index contributed by atoms with van der Waals surface area (Å²) in [6, 6.07) is 4.29. The number of fused-ring (bicyclic) bond motifs is 6. The first-order valence-electron chi connectivity index (χ1n) is 18.3. The highest BCUT2D eigenvalue weighted by Gasteiger charge is 2.36. The van der Waals surface area contributed by atoms with Gasteiger partial charge in [-0.3, -0.25) is 19.6 Å². The van der Waals surface area contributed by atoms with Crippen LogP contribution in [0.4, 0.5) is 4.79 Å². The Morgan fingerprint density at radius 2 is 2.04 bits per heavy atom. The van der Waals surface area contributed by atoms with E-state index in [0.717, 1.165) is 39.0 Å². The average molecular weight is 731 g/mol. The summed E-state index contributed by atoms with van der Waals surface area (Å²) in [5.41, 5.74) is 7.16. The van der Waals surface area contributed by atoms with Crippen molar-refractivity contribution in [3.63, 3.8) is 0 Å². The van der Waals surface area contributed by atoms with Crippen LogP contribution in [0.2, 0.25) is 0 Å². The number of aliphatic imine (C=N–C) groups is 1. The van der Waals surface area contributed by atoms with Gasteiger partial charge >= 0.3 is 12.1 Å². The van der Waals surface area contributed by atoms with Gasteiger partial charge in [-0.25, -0.2) is 15.2 Å². The normalized spacial score (nSPS) is 20.8. The number of carbonyl (C=O) groups excluding carboxylic acids is 3. The van der Waals surface area contributed by atoms with E-state index in [1.54, 1.807) is 40.3 Å². The molecule has 0 radical (unpaired) electrons. The summed E-state index contributed by atoms with van der Waals surface area (Å²) in [4.78, 5) is 49.8. The Labute approximate surface area is 311 Å². The van der Waals surface area contributed by atoms with Crippen molar-refractivity contribution in [2.45, 2.75) is 111 Å². The van der Waals surface area contributed by atoms with E-state index < -0.39 is 41.1 Å². The maximum absolute atomic E-state index is 14.0. The van der Waals surface area contributed by atoms with Gasteiger partial charge in [0, 0.05) is 53.9 Å². The van der Waals surface area contributed by atoms with Crippen LogP contribution in [0.15, 0.2) is 52.2 Å². The van der Waals surface area contributed by atoms with Crippen LogP contribution in [-0.4, -0.2) is 82.8 Å². The lowest BCUT2D eigenvalue weighted by Gasteiger charge is -2.35. The minimum Gasteiger partial charge on any atom is -0.464 e. The number of benzene rings is 1. The summed E-state index contributed by atoms with van der Waals surface area (Å²) in [7, 11) is 1.66. The molecule has 3 aromatic rings. The van der Waals surface area contributed by atoms with Gasteiger partial charge in [-0.15, -0.1) is 0 Å². The standard InChI is InChI=1S/C40H54N6O7/c1-11-26(34(41-12-2)24(4)50-10)35-28-21-40(8,9)23-51-37(48)29-15-14-18-46(44-29)36(47)30(43-38(49)53-39(5,6)7)20-33-42-22-32(52-33)25-16-17-31(27(28)19-25)45(35)13-3/h11-12,16-17,19,22,24,29-30,44H,1,13-15,18,20-21,23H2,2-10H3,(H,43,49)/b34-26+,41-12?/t24-,29-,30-/m0/s1. The molecule has 2 N–H and O–H groups in total. The number of methoxy groups -OCH3 is 1. The lowest BCUT2D eigenvalue weighted by Crippen LogP contribution is -2.60. The van der Waals surface area contributed by atoms with Gasteiger partial charge in [-0.1, -0.05) is 26.5 Å². The molecule has 0 saturated carbocycles. The van der Waals surface area contributed by atoms with Crippen LogP contribution < -0.4 is 10.7 Å². The van der Waals surface area contributed by atoms with Gasteiger partial charge in [0.15, 0.2) is 11.7 Å². The number of aryl methyl sites for hydroxylation is 1. The second-order valence-electron chi connectivity index (χ2n) is 15.4. The van der Waals surface area contributed by atoms with Crippen molar-refractivity contribution >= 4 is 40.7 Å². The number of amides is 2. The lowest BCUT2D eigenvalue weighted by atomic mass is 9.84. The summed E-state index contributed by atoms with van der Waals surface area (Å²) >= 11 is 0. The number of carbonyl (C=O) groups is 3. The van der Waals surface area contributed by atoms with E-state index >= 15 is 0 Å². The second-order valence-corrected chi connectivity index (χ2v) is 15.4. The van der Waals surface area contributed by atoms with Crippen molar-refractivity contribution in [3.8, 4) is 11.3 Å². The fourth-order valence-electron chi connectivity index (χ4n) is 6.92. The van der Waals surface area contributed by atoms with E-state index in [-0.39, 0.29) is 25.0 Å². The quantitative estimate of drug-likeness (QED) is 0.160. The molecule has 13 heteroatoms. The molecule has 2 aromatic heterocycles. The van der Waals surface area contributed by atoms with Gasteiger partial charge in [-0.2, -0.15) is 0 Å². The third kappa shape index (κ3) is 8.90. The van der Waals surface area contributed by atoms with Gasteiger partial charge in [0.25, 0.3) is 5.91 Å². The minimum atomic E-state index is -1.09. The number of nitrogens with zero attached hydrogens (tertiary/aromatic N) is 4. The van der Waals surface area contributed by atoms with Crippen LogP contribution in [0.1, 0.15) is 85.4 Å². The molecule has 5 rings (SSSR count). The summed E-state index contributed by atoms with van der Waals surface area (Å²) in [5.74, 6) is -0.139. The summed E-state index contributed by atoms with van der Waals surface area (Å²) in [5, 5.41) is 5.07.